The highest BCUT2D eigenvalue weighted by molar-refractivity contribution is 6.13. The lowest BCUT2D eigenvalue weighted by Crippen LogP contribution is -2.99. The highest BCUT2D eigenvalue weighted by Crippen LogP contribution is 2.31. The van der Waals surface area contributed by atoms with Gasteiger partial charge < -0.3 is 20.7 Å². The molecule has 0 saturated carbocycles. The van der Waals surface area contributed by atoms with Crippen molar-refractivity contribution < 1.29 is 19.7 Å². The maximum absolute atomic E-state index is 13.1. The molecule has 0 saturated heterocycles. The Kier molecular flexibility index (Phi) is 7.94. The minimum absolute atomic E-state index is 0. The molecule has 8 nitrogen and oxygen atoms in total. The SMILES string of the molecule is Cc1cccc2c(N)c3cccc(C(=O)NCC[N+](C)(C)Cc4ccccc4[NH+]([O-])O)c3nc12.Cl. The van der Waals surface area contributed by atoms with Crippen molar-refractivity contribution in [2.24, 2.45) is 0 Å². The van der Waals surface area contributed by atoms with Crippen molar-refractivity contribution in [3.8, 4) is 0 Å². The Morgan fingerprint density at radius 1 is 1.06 bits per heavy atom. The van der Waals surface area contributed by atoms with Crippen LogP contribution in [0.4, 0.5) is 11.4 Å². The Bertz CT molecular complexity index is 1370. The molecule has 1 heterocycles. The molecule has 5 N–H and O–H groups in total. The van der Waals surface area contributed by atoms with Gasteiger partial charge in [-0.3, -0.25) is 4.79 Å². The first-order valence-electron chi connectivity index (χ1n) is 11.2. The first kappa shape index (κ1) is 26.3. The Morgan fingerprint density at radius 2 is 1.71 bits per heavy atom. The van der Waals surface area contributed by atoms with Crippen molar-refractivity contribution >= 4 is 51.5 Å². The first-order chi connectivity index (χ1) is 16.2. The second-order valence-electron chi connectivity index (χ2n) is 9.23. The molecule has 184 valence electrons. The molecule has 0 spiro atoms. The standard InChI is InChI=1S/C26H29N5O3.ClH/c1-17-8-6-10-19-23(27)20-11-7-12-21(25(20)29-24(17)19)26(32)28-14-15-31(2,3)16-18-9-4-5-13-22(18)30(33)34;/h4-13,30,33H,14-16H2,1-3H3,(H2-,27,28,29,32);1H/p+1. The number of rotatable bonds is 7. The number of carbonyl (C=O) groups excluding carboxylic acids is 1. The summed E-state index contributed by atoms with van der Waals surface area (Å²) in [6.45, 7) is 3.57. The topological polar surface area (TPSA) is 116 Å². The predicted molar refractivity (Wildman–Crippen MR) is 141 cm³/mol. The fraction of sp³-hybridized carbons (Fsp3) is 0.231. The molecule has 0 fully saturated rings. The van der Waals surface area contributed by atoms with E-state index in [2.05, 4.69) is 5.32 Å². The number of carbonyl (C=O) groups is 1. The summed E-state index contributed by atoms with van der Waals surface area (Å²) in [7, 11) is 4.03. The monoisotopic (exact) mass is 496 g/mol. The number of aryl methyl sites for hydroxylation is 1. The minimum Gasteiger partial charge on any atom is -0.595 e. The van der Waals surface area contributed by atoms with E-state index in [1.54, 1.807) is 18.2 Å². The number of quaternary nitrogens is 2. The summed E-state index contributed by atoms with van der Waals surface area (Å²) in [6.07, 6.45) is 0. The van der Waals surface area contributed by atoms with Crippen LogP contribution in [0.15, 0.2) is 60.7 Å². The van der Waals surface area contributed by atoms with E-state index in [1.807, 2.05) is 63.5 Å². The van der Waals surface area contributed by atoms with Gasteiger partial charge in [0.1, 0.15) is 6.54 Å². The summed E-state index contributed by atoms with van der Waals surface area (Å²) in [5.41, 5.74) is 11.0. The van der Waals surface area contributed by atoms with Crippen LogP contribution in [0.25, 0.3) is 21.8 Å². The molecule has 0 aliphatic heterocycles. The van der Waals surface area contributed by atoms with Crippen LogP contribution in [0.1, 0.15) is 21.5 Å². The van der Waals surface area contributed by atoms with Crippen molar-refractivity contribution in [1.29, 1.82) is 0 Å². The van der Waals surface area contributed by atoms with Crippen LogP contribution in [0.5, 0.6) is 0 Å². The number of pyridine rings is 1. The summed E-state index contributed by atoms with van der Waals surface area (Å²) < 4.78 is 0.523. The van der Waals surface area contributed by atoms with Crippen LogP contribution in [0.3, 0.4) is 0 Å². The van der Waals surface area contributed by atoms with Crippen molar-refractivity contribution in [3.63, 3.8) is 0 Å². The minimum atomic E-state index is -0.936. The zero-order valence-corrected chi connectivity index (χ0v) is 20.9. The van der Waals surface area contributed by atoms with Gasteiger partial charge in [0, 0.05) is 16.8 Å². The van der Waals surface area contributed by atoms with E-state index in [4.69, 9.17) is 10.7 Å². The van der Waals surface area contributed by atoms with Gasteiger partial charge in [-0.1, -0.05) is 42.5 Å². The number of nitrogens with one attached hydrogen (secondary N) is 2. The molecule has 4 rings (SSSR count). The zero-order valence-electron chi connectivity index (χ0n) is 20.0. The lowest BCUT2D eigenvalue weighted by molar-refractivity contribution is -0.992. The number of nitrogen functional groups attached to an aromatic ring is 1. The lowest BCUT2D eigenvalue weighted by atomic mass is 10.0. The molecule has 1 unspecified atom stereocenters. The summed E-state index contributed by atoms with van der Waals surface area (Å²) in [4.78, 5) is 17.9. The van der Waals surface area contributed by atoms with Crippen molar-refractivity contribution in [2.75, 3.05) is 32.9 Å². The number of nitrogens with zero attached hydrogens (tertiary/aromatic N) is 2. The normalized spacial score (nSPS) is 12.4. The number of benzene rings is 3. The Balaban J connectivity index is 0.00000342. The summed E-state index contributed by atoms with van der Waals surface area (Å²) in [5, 5.41) is 24.7. The molecule has 0 aliphatic rings. The molecular weight excluding hydrogens is 466 g/mol. The van der Waals surface area contributed by atoms with Gasteiger partial charge in [0.25, 0.3) is 5.91 Å². The molecule has 1 aromatic heterocycles. The quantitative estimate of drug-likeness (QED) is 0.178. The number of nitrogens with two attached hydrogens (primary N) is 1. The molecule has 9 heteroatoms. The number of para-hydroxylation sites is 3. The average Bonchev–Trinajstić information content (AvgIpc) is 2.79. The highest BCUT2D eigenvalue weighted by Gasteiger charge is 2.21. The van der Waals surface area contributed by atoms with E-state index >= 15 is 0 Å². The third-order valence-corrected chi connectivity index (χ3v) is 6.17. The number of amides is 1. The van der Waals surface area contributed by atoms with Gasteiger partial charge in [-0.2, -0.15) is 5.23 Å². The van der Waals surface area contributed by atoms with Crippen molar-refractivity contribution in [2.45, 2.75) is 13.5 Å². The van der Waals surface area contributed by atoms with Gasteiger partial charge in [-0.15, -0.1) is 12.4 Å². The second kappa shape index (κ2) is 10.6. The smallest absolute Gasteiger partial charge is 0.253 e. The predicted octanol–water partition coefficient (Wildman–Crippen LogP) is 3.11. The number of halogens is 1. The van der Waals surface area contributed by atoms with Gasteiger partial charge >= 0.3 is 0 Å². The number of aromatic nitrogens is 1. The third-order valence-electron chi connectivity index (χ3n) is 6.17. The van der Waals surface area contributed by atoms with Crippen molar-refractivity contribution in [3.05, 3.63) is 82.6 Å². The van der Waals surface area contributed by atoms with Crippen LogP contribution in [0.2, 0.25) is 0 Å². The Morgan fingerprint density at radius 3 is 2.43 bits per heavy atom. The summed E-state index contributed by atoms with van der Waals surface area (Å²) in [6, 6.07) is 18.4. The molecule has 0 aliphatic carbocycles. The Labute approximate surface area is 210 Å². The number of hydrogen-bond donors (Lipinski definition) is 4. The average molecular weight is 497 g/mol. The fourth-order valence-corrected chi connectivity index (χ4v) is 4.32. The van der Waals surface area contributed by atoms with Gasteiger partial charge in [-0.05, 0) is 24.6 Å². The Hall–Kier alpha value is -3.27. The largest absolute Gasteiger partial charge is 0.595 e. The third kappa shape index (κ3) is 5.53. The number of fused-ring (bicyclic) bond motifs is 2. The molecule has 0 radical (unpaired) electrons. The van der Waals surface area contributed by atoms with Crippen LogP contribution in [-0.4, -0.2) is 47.8 Å². The molecule has 1 amide bonds. The maximum Gasteiger partial charge on any atom is 0.253 e. The molecular formula is C26H31ClN5O3+. The maximum atomic E-state index is 13.1. The van der Waals surface area contributed by atoms with Gasteiger partial charge in [0.15, 0.2) is 5.69 Å². The highest BCUT2D eigenvalue weighted by atomic mass is 35.5. The summed E-state index contributed by atoms with van der Waals surface area (Å²) in [5.74, 6) is -0.212. The number of hydrogen-bond acceptors (Lipinski definition) is 5. The van der Waals surface area contributed by atoms with Crippen molar-refractivity contribution in [1.82, 2.24) is 10.3 Å². The summed E-state index contributed by atoms with van der Waals surface area (Å²) >= 11 is 0. The van der Waals surface area contributed by atoms with Crippen LogP contribution >= 0.6 is 12.4 Å². The van der Waals surface area contributed by atoms with E-state index in [0.717, 1.165) is 27.4 Å². The van der Waals surface area contributed by atoms with E-state index in [1.165, 1.54) is 0 Å². The van der Waals surface area contributed by atoms with Gasteiger partial charge in [-0.25, -0.2) is 10.2 Å². The zero-order chi connectivity index (χ0) is 24.5. The van der Waals surface area contributed by atoms with Crippen LogP contribution in [-0.2, 0) is 6.54 Å². The van der Waals surface area contributed by atoms with E-state index < -0.39 is 5.23 Å². The van der Waals surface area contributed by atoms with E-state index in [0.29, 0.717) is 46.6 Å². The molecule has 35 heavy (non-hydrogen) atoms. The molecule has 1 atom stereocenters. The second-order valence-corrected chi connectivity index (χ2v) is 9.23. The molecule has 4 aromatic rings. The van der Waals surface area contributed by atoms with E-state index in [9.17, 15) is 15.2 Å². The van der Waals surface area contributed by atoms with E-state index in [-0.39, 0.29) is 18.3 Å². The molecule has 3 aromatic carbocycles. The van der Waals surface area contributed by atoms with Gasteiger partial charge in [0.05, 0.1) is 55.0 Å². The van der Waals surface area contributed by atoms with Crippen LogP contribution in [0, 0.1) is 12.1 Å². The van der Waals surface area contributed by atoms with Gasteiger partial charge in [0.2, 0.25) is 0 Å². The number of anilines is 1. The molecule has 0 bridgehead atoms. The first-order valence-corrected chi connectivity index (χ1v) is 11.2. The fourth-order valence-electron chi connectivity index (χ4n) is 4.32. The lowest BCUT2D eigenvalue weighted by Gasteiger charge is -2.30. The van der Waals surface area contributed by atoms with Crippen LogP contribution < -0.4 is 16.3 Å². The number of likely N-dealkylation sites (N-methyl/N-ethyl adjacent to an activating group) is 1.